The van der Waals surface area contributed by atoms with E-state index in [0.29, 0.717) is 0 Å². The van der Waals surface area contributed by atoms with Crippen LogP contribution in [0.1, 0.15) is 12.8 Å². The van der Waals surface area contributed by atoms with Gasteiger partial charge in [-0.25, -0.2) is 4.31 Å². The van der Waals surface area contributed by atoms with Gasteiger partial charge in [0.1, 0.15) is 0 Å². The van der Waals surface area contributed by atoms with E-state index in [0.717, 1.165) is 13.1 Å². The van der Waals surface area contributed by atoms with Gasteiger partial charge < -0.3 is 4.18 Å². The van der Waals surface area contributed by atoms with Crippen molar-refractivity contribution in [3.8, 4) is 0 Å². The van der Waals surface area contributed by atoms with Crippen LogP contribution in [0.2, 0.25) is 0 Å². The monoisotopic (exact) mass is 164 g/mol. The fourth-order valence-electron chi connectivity index (χ4n) is 1.16. The van der Waals surface area contributed by atoms with E-state index in [9.17, 15) is 0 Å². The lowest BCUT2D eigenvalue weighted by Gasteiger charge is -2.37. The van der Waals surface area contributed by atoms with Gasteiger partial charge in [-0.2, -0.15) is 0 Å². The first-order chi connectivity index (χ1) is 4.67. The third-order valence-electron chi connectivity index (χ3n) is 1.92. The Kier molecular flexibility index (Phi) is 2.57. The van der Waals surface area contributed by atoms with Gasteiger partial charge in [0.05, 0.1) is 7.11 Å². The largest absolute Gasteiger partial charge is 0.314 e. The van der Waals surface area contributed by atoms with Gasteiger partial charge in [-0.3, -0.25) is 5.14 Å². The number of hydrogen-bond acceptors (Lipinski definition) is 3. The van der Waals surface area contributed by atoms with Crippen LogP contribution in [0.4, 0.5) is 0 Å². The maximum atomic E-state index is 5.91. The second-order valence-electron chi connectivity index (χ2n) is 2.66. The summed E-state index contributed by atoms with van der Waals surface area (Å²) in [6, 6.07) is 0. The maximum absolute atomic E-state index is 5.91. The molecule has 0 aliphatic carbocycles. The van der Waals surface area contributed by atoms with Crippen molar-refractivity contribution in [3.05, 3.63) is 0 Å². The second-order valence-corrected chi connectivity index (χ2v) is 5.24. The van der Waals surface area contributed by atoms with Crippen LogP contribution in [0.5, 0.6) is 0 Å². The van der Waals surface area contributed by atoms with Crippen LogP contribution in [0.3, 0.4) is 0 Å². The molecule has 2 N–H and O–H groups in total. The smallest absolute Gasteiger partial charge is 0.0511 e. The molecule has 10 heavy (non-hydrogen) atoms. The fraction of sp³-hybridized carbons (Fsp3) is 1.00. The van der Waals surface area contributed by atoms with Crippen LogP contribution in [0, 0.1) is 0 Å². The molecule has 3 nitrogen and oxygen atoms in total. The van der Waals surface area contributed by atoms with Crippen molar-refractivity contribution in [2.45, 2.75) is 12.8 Å². The van der Waals surface area contributed by atoms with E-state index in [1.165, 1.54) is 12.8 Å². The van der Waals surface area contributed by atoms with Crippen molar-refractivity contribution >= 4 is 10.7 Å². The molecule has 62 valence electrons. The number of rotatable bonds is 2. The summed E-state index contributed by atoms with van der Waals surface area (Å²) in [6.07, 6.45) is 4.52. The predicted molar refractivity (Wildman–Crippen MR) is 45.5 cm³/mol. The zero-order valence-corrected chi connectivity index (χ0v) is 7.49. The number of hydrogen-bond donors (Lipinski definition) is 1. The minimum Gasteiger partial charge on any atom is -0.314 e. The maximum Gasteiger partial charge on any atom is 0.0511 e. The zero-order valence-electron chi connectivity index (χ0n) is 6.67. The summed E-state index contributed by atoms with van der Waals surface area (Å²) >= 11 is 0. The summed E-state index contributed by atoms with van der Waals surface area (Å²) in [5, 5.41) is 5.91. The highest BCUT2D eigenvalue weighted by molar-refractivity contribution is 8.25. The lowest BCUT2D eigenvalue weighted by molar-refractivity contribution is 0.407. The molecule has 1 unspecified atom stereocenters. The van der Waals surface area contributed by atoms with Gasteiger partial charge in [-0.1, -0.05) is 0 Å². The molecule has 4 heteroatoms. The van der Waals surface area contributed by atoms with Gasteiger partial charge in [0.25, 0.3) is 0 Å². The standard InChI is InChI=1S/C6H16N2OS/c1-9-10(2,7)8-5-3-4-6-8/h3-7H2,1-2H3. The van der Waals surface area contributed by atoms with E-state index < -0.39 is 10.7 Å². The van der Waals surface area contributed by atoms with Crippen LogP contribution >= 0.6 is 10.7 Å². The fourth-order valence-corrected chi connectivity index (χ4v) is 2.35. The Labute approximate surface area is 64.3 Å². The molecule has 0 aromatic heterocycles. The zero-order chi connectivity index (χ0) is 7.61. The van der Waals surface area contributed by atoms with Crippen molar-refractivity contribution in [2.75, 3.05) is 26.5 Å². The van der Waals surface area contributed by atoms with E-state index >= 15 is 0 Å². The van der Waals surface area contributed by atoms with Crippen molar-refractivity contribution in [1.29, 1.82) is 0 Å². The summed E-state index contributed by atoms with van der Waals surface area (Å²) in [7, 11) is 0.324. The van der Waals surface area contributed by atoms with Gasteiger partial charge in [0.15, 0.2) is 0 Å². The molecule has 1 heterocycles. The summed E-state index contributed by atoms with van der Waals surface area (Å²) in [5.41, 5.74) is 0. The van der Waals surface area contributed by atoms with Gasteiger partial charge >= 0.3 is 0 Å². The van der Waals surface area contributed by atoms with E-state index in [1.54, 1.807) is 7.11 Å². The molecular weight excluding hydrogens is 148 g/mol. The highest BCUT2D eigenvalue weighted by Crippen LogP contribution is 2.42. The molecule has 1 aliphatic heterocycles. The molecule has 0 aromatic carbocycles. The molecule has 0 amide bonds. The van der Waals surface area contributed by atoms with Gasteiger partial charge in [-0.15, -0.1) is 0 Å². The van der Waals surface area contributed by atoms with Crippen LogP contribution in [0.15, 0.2) is 0 Å². The topological polar surface area (TPSA) is 38.5 Å². The summed E-state index contributed by atoms with van der Waals surface area (Å²) in [5.74, 6) is 0. The average molecular weight is 164 g/mol. The average Bonchev–Trinajstić information content (AvgIpc) is 2.38. The van der Waals surface area contributed by atoms with Crippen molar-refractivity contribution in [1.82, 2.24) is 4.31 Å². The third-order valence-corrected chi connectivity index (χ3v) is 3.98. The Morgan fingerprint density at radius 1 is 1.40 bits per heavy atom. The molecular formula is C6H16N2OS. The normalized spacial score (nSPS) is 29.9. The van der Waals surface area contributed by atoms with Gasteiger partial charge in [-0.05, 0) is 23.5 Å². The minimum absolute atomic E-state index is 1.11. The lowest BCUT2D eigenvalue weighted by atomic mass is 10.4. The molecule has 0 radical (unpaired) electrons. The summed E-state index contributed by atoms with van der Waals surface area (Å²) in [6.45, 7) is 2.21. The minimum atomic E-state index is -1.36. The van der Waals surface area contributed by atoms with Crippen molar-refractivity contribution in [2.24, 2.45) is 5.14 Å². The van der Waals surface area contributed by atoms with Crippen LogP contribution in [-0.2, 0) is 4.18 Å². The Balaban J connectivity index is 2.45. The Bertz CT molecular complexity index is 112. The first-order valence-electron chi connectivity index (χ1n) is 3.53. The first kappa shape index (κ1) is 8.33. The first-order valence-corrected chi connectivity index (χ1v) is 5.52. The van der Waals surface area contributed by atoms with E-state index in [1.807, 2.05) is 6.26 Å². The molecule has 1 atom stereocenters. The molecule has 1 saturated heterocycles. The summed E-state index contributed by atoms with van der Waals surface area (Å²) < 4.78 is 7.45. The second kappa shape index (κ2) is 3.09. The van der Waals surface area contributed by atoms with Crippen LogP contribution < -0.4 is 5.14 Å². The van der Waals surface area contributed by atoms with E-state index in [2.05, 4.69) is 4.31 Å². The Morgan fingerprint density at radius 3 is 2.30 bits per heavy atom. The Hall–Kier alpha value is 0.230. The molecule has 0 bridgehead atoms. The van der Waals surface area contributed by atoms with Crippen LogP contribution in [-0.4, -0.2) is 30.8 Å². The van der Waals surface area contributed by atoms with Crippen molar-refractivity contribution < 1.29 is 4.18 Å². The highest BCUT2D eigenvalue weighted by atomic mass is 32.3. The highest BCUT2D eigenvalue weighted by Gasteiger charge is 2.24. The molecule has 1 rings (SSSR count). The molecule has 1 aliphatic rings. The summed E-state index contributed by atoms with van der Waals surface area (Å²) in [4.78, 5) is 0. The van der Waals surface area contributed by atoms with E-state index in [4.69, 9.17) is 9.32 Å². The number of nitrogens with two attached hydrogens (primary N) is 1. The SMILES string of the molecule is COS(C)(N)N1CCCC1. The number of nitrogens with zero attached hydrogens (tertiary/aromatic N) is 1. The molecule has 1 fully saturated rings. The quantitative estimate of drug-likeness (QED) is 0.658. The van der Waals surface area contributed by atoms with Crippen molar-refractivity contribution in [3.63, 3.8) is 0 Å². The van der Waals surface area contributed by atoms with Crippen LogP contribution in [0.25, 0.3) is 0 Å². The molecule has 0 saturated carbocycles. The lowest BCUT2D eigenvalue weighted by Crippen LogP contribution is -2.30. The Morgan fingerprint density at radius 2 is 1.90 bits per heavy atom. The predicted octanol–water partition coefficient (Wildman–Crippen LogP) is 0.867. The molecule has 0 spiro atoms. The molecule has 0 aromatic rings. The van der Waals surface area contributed by atoms with Gasteiger partial charge in [0.2, 0.25) is 0 Å². The van der Waals surface area contributed by atoms with E-state index in [-0.39, 0.29) is 0 Å². The third kappa shape index (κ3) is 1.63. The van der Waals surface area contributed by atoms with Gasteiger partial charge in [0, 0.05) is 19.3 Å².